The van der Waals surface area contributed by atoms with Crippen molar-refractivity contribution in [2.24, 2.45) is 0 Å². The Kier molecular flexibility index (Phi) is 4.33. The topological polar surface area (TPSA) is 12.0 Å². The van der Waals surface area contributed by atoms with E-state index >= 15 is 0 Å². The molecule has 3 aromatic carbocycles. The molecule has 1 heteroatoms. The molecule has 1 N–H and O–H groups in total. The highest BCUT2D eigenvalue weighted by atomic mass is 14.8. The van der Waals surface area contributed by atoms with Gasteiger partial charge in [0, 0.05) is 12.5 Å². The van der Waals surface area contributed by atoms with Crippen LogP contribution in [0.1, 0.15) is 52.1 Å². The van der Waals surface area contributed by atoms with Crippen LogP contribution in [-0.4, -0.2) is 7.05 Å². The molecule has 0 amide bonds. The van der Waals surface area contributed by atoms with Gasteiger partial charge in [-0.3, -0.25) is 0 Å². The maximum atomic E-state index is 3.24. The summed E-state index contributed by atoms with van der Waals surface area (Å²) in [6.45, 7) is 0.939. The van der Waals surface area contributed by atoms with E-state index in [4.69, 9.17) is 0 Å². The van der Waals surface area contributed by atoms with Crippen molar-refractivity contribution in [2.45, 2.75) is 44.6 Å². The van der Waals surface area contributed by atoms with Crippen LogP contribution in [0.15, 0.2) is 60.7 Å². The third kappa shape index (κ3) is 2.91. The Balaban J connectivity index is 1.56. The lowest BCUT2D eigenvalue weighted by Crippen LogP contribution is -2.16. The van der Waals surface area contributed by atoms with Gasteiger partial charge in [-0.1, -0.05) is 60.7 Å². The predicted molar refractivity (Wildman–Crippen MR) is 113 cm³/mol. The molecule has 0 bridgehead atoms. The third-order valence-electron chi connectivity index (χ3n) is 6.48. The molecule has 0 spiro atoms. The molecule has 1 atom stereocenters. The van der Waals surface area contributed by atoms with E-state index < -0.39 is 0 Å². The number of hydrogen-bond donors (Lipinski definition) is 1. The minimum atomic E-state index is 0.555. The van der Waals surface area contributed by atoms with Crippen LogP contribution in [0, 0.1) is 0 Å². The minimum Gasteiger partial charge on any atom is -0.316 e. The lowest BCUT2D eigenvalue weighted by atomic mass is 9.73. The Morgan fingerprint density at radius 1 is 0.815 bits per heavy atom. The molecule has 136 valence electrons. The standard InChI is InChI=1S/C26H27N/c1-27-17-18-9-11-20(12-10-18)22-7-4-8-23-24(22)15-16-25-21-6-3-2-5-19(21)13-14-26(23)25/h2-3,5-6,9-12,15-16,22,27H,4,7-8,13-14,17H2,1H3. The molecule has 1 nitrogen and oxygen atoms in total. The fourth-order valence-electron chi connectivity index (χ4n) is 5.19. The first-order valence-corrected chi connectivity index (χ1v) is 10.3. The molecule has 3 aromatic rings. The molecule has 2 aliphatic rings. The smallest absolute Gasteiger partial charge is 0.0202 e. The van der Waals surface area contributed by atoms with Crippen LogP contribution >= 0.6 is 0 Å². The second kappa shape index (κ2) is 6.98. The van der Waals surface area contributed by atoms with Crippen molar-refractivity contribution in [3.05, 3.63) is 94.0 Å². The summed E-state index contributed by atoms with van der Waals surface area (Å²) < 4.78 is 0. The van der Waals surface area contributed by atoms with Crippen molar-refractivity contribution in [3.8, 4) is 11.1 Å². The van der Waals surface area contributed by atoms with Crippen LogP contribution in [0.4, 0.5) is 0 Å². The van der Waals surface area contributed by atoms with Gasteiger partial charge in [-0.05, 0) is 83.7 Å². The summed E-state index contributed by atoms with van der Waals surface area (Å²) in [4.78, 5) is 0. The second-order valence-corrected chi connectivity index (χ2v) is 8.03. The molecule has 0 saturated carbocycles. The zero-order valence-corrected chi connectivity index (χ0v) is 16.1. The number of rotatable bonds is 3. The van der Waals surface area contributed by atoms with Gasteiger partial charge in [0.2, 0.25) is 0 Å². The van der Waals surface area contributed by atoms with Crippen LogP contribution < -0.4 is 5.32 Å². The second-order valence-electron chi connectivity index (χ2n) is 8.03. The van der Waals surface area contributed by atoms with Crippen LogP contribution in [0.5, 0.6) is 0 Å². The summed E-state index contributed by atoms with van der Waals surface area (Å²) >= 11 is 0. The predicted octanol–water partition coefficient (Wildman–Crippen LogP) is 5.64. The molecule has 0 saturated heterocycles. The maximum absolute atomic E-state index is 3.24. The van der Waals surface area contributed by atoms with Crippen molar-refractivity contribution < 1.29 is 0 Å². The molecule has 27 heavy (non-hydrogen) atoms. The Hall–Kier alpha value is -2.38. The molecule has 0 aliphatic heterocycles. The van der Waals surface area contributed by atoms with Gasteiger partial charge in [-0.2, -0.15) is 0 Å². The summed E-state index contributed by atoms with van der Waals surface area (Å²) in [6.07, 6.45) is 6.20. The van der Waals surface area contributed by atoms with Gasteiger partial charge in [0.25, 0.3) is 0 Å². The van der Waals surface area contributed by atoms with Gasteiger partial charge >= 0.3 is 0 Å². The number of nitrogens with one attached hydrogen (secondary N) is 1. The molecular formula is C26H27N. The van der Waals surface area contributed by atoms with Gasteiger partial charge in [0.15, 0.2) is 0 Å². The fraction of sp³-hybridized carbons (Fsp3) is 0.308. The maximum Gasteiger partial charge on any atom is 0.0202 e. The molecule has 0 fully saturated rings. The van der Waals surface area contributed by atoms with E-state index in [0.717, 1.165) is 6.54 Å². The van der Waals surface area contributed by atoms with Gasteiger partial charge < -0.3 is 5.32 Å². The van der Waals surface area contributed by atoms with Gasteiger partial charge in [0.05, 0.1) is 0 Å². The average Bonchev–Trinajstić information content (AvgIpc) is 2.73. The van der Waals surface area contributed by atoms with E-state index in [-0.39, 0.29) is 0 Å². The molecule has 5 rings (SSSR count). The molecule has 1 unspecified atom stereocenters. The quantitative estimate of drug-likeness (QED) is 0.642. The number of fused-ring (bicyclic) bond motifs is 5. The largest absolute Gasteiger partial charge is 0.316 e. The molecule has 0 aromatic heterocycles. The first kappa shape index (κ1) is 16.8. The minimum absolute atomic E-state index is 0.555. The first-order valence-electron chi connectivity index (χ1n) is 10.3. The third-order valence-corrected chi connectivity index (χ3v) is 6.48. The van der Waals surface area contributed by atoms with Crippen LogP contribution in [-0.2, 0) is 25.8 Å². The fourth-order valence-corrected chi connectivity index (χ4v) is 5.19. The van der Waals surface area contributed by atoms with Gasteiger partial charge in [0.1, 0.15) is 0 Å². The van der Waals surface area contributed by atoms with Gasteiger partial charge in [-0.15, -0.1) is 0 Å². The van der Waals surface area contributed by atoms with E-state index in [1.807, 2.05) is 7.05 Å². The van der Waals surface area contributed by atoms with E-state index in [0.29, 0.717) is 5.92 Å². The summed E-state index contributed by atoms with van der Waals surface area (Å²) in [6, 6.07) is 23.1. The normalized spacial score (nSPS) is 17.7. The molecule has 2 aliphatic carbocycles. The lowest BCUT2D eigenvalue weighted by Gasteiger charge is -2.31. The van der Waals surface area contributed by atoms with Crippen molar-refractivity contribution in [3.63, 3.8) is 0 Å². The number of hydrogen-bond acceptors (Lipinski definition) is 1. The lowest BCUT2D eigenvalue weighted by molar-refractivity contribution is 0.610. The Morgan fingerprint density at radius 2 is 1.67 bits per heavy atom. The van der Waals surface area contributed by atoms with Crippen LogP contribution in [0.25, 0.3) is 11.1 Å². The van der Waals surface area contributed by atoms with Crippen molar-refractivity contribution >= 4 is 0 Å². The molecule has 0 radical (unpaired) electrons. The summed E-state index contributed by atoms with van der Waals surface area (Å²) in [5.74, 6) is 0.555. The Bertz CT molecular complexity index is 968. The highest BCUT2D eigenvalue weighted by Gasteiger charge is 2.27. The van der Waals surface area contributed by atoms with Crippen molar-refractivity contribution in [1.29, 1.82) is 0 Å². The molecule has 0 heterocycles. The van der Waals surface area contributed by atoms with E-state index in [9.17, 15) is 0 Å². The summed E-state index contributed by atoms with van der Waals surface area (Å²) in [5, 5.41) is 3.24. The first-order chi connectivity index (χ1) is 13.3. The Labute approximate surface area is 162 Å². The Morgan fingerprint density at radius 3 is 2.52 bits per heavy atom. The number of benzene rings is 3. The zero-order chi connectivity index (χ0) is 18.2. The van der Waals surface area contributed by atoms with E-state index in [1.54, 1.807) is 16.7 Å². The summed E-state index contributed by atoms with van der Waals surface area (Å²) in [5.41, 5.74) is 12.2. The monoisotopic (exact) mass is 353 g/mol. The average molecular weight is 354 g/mol. The highest BCUT2D eigenvalue weighted by Crippen LogP contribution is 2.43. The highest BCUT2D eigenvalue weighted by molar-refractivity contribution is 5.75. The molecular weight excluding hydrogens is 326 g/mol. The number of aryl methyl sites for hydroxylation is 1. The van der Waals surface area contributed by atoms with E-state index in [2.05, 4.69) is 66.0 Å². The SMILES string of the molecule is CNCc1ccc(C2CCCc3c2ccc2c3CCc3ccccc3-2)cc1. The summed E-state index contributed by atoms with van der Waals surface area (Å²) in [7, 11) is 2.01. The van der Waals surface area contributed by atoms with E-state index in [1.165, 1.54) is 59.9 Å². The van der Waals surface area contributed by atoms with Crippen molar-refractivity contribution in [1.82, 2.24) is 5.32 Å². The van der Waals surface area contributed by atoms with Gasteiger partial charge in [-0.25, -0.2) is 0 Å². The van der Waals surface area contributed by atoms with Crippen LogP contribution in [0.2, 0.25) is 0 Å². The van der Waals surface area contributed by atoms with Crippen molar-refractivity contribution in [2.75, 3.05) is 7.05 Å². The van der Waals surface area contributed by atoms with Crippen LogP contribution in [0.3, 0.4) is 0 Å². The zero-order valence-electron chi connectivity index (χ0n) is 16.1.